The van der Waals surface area contributed by atoms with E-state index in [4.69, 9.17) is 0 Å². The summed E-state index contributed by atoms with van der Waals surface area (Å²) in [6.45, 7) is 6.65. The topological polar surface area (TPSA) is 20.3 Å². The summed E-state index contributed by atoms with van der Waals surface area (Å²) >= 11 is 2.27. The van der Waals surface area contributed by atoms with Crippen LogP contribution in [0, 0.1) is 3.57 Å². The number of carbonyl (C=O) groups excluding carboxylic acids is 1. The highest BCUT2D eigenvalue weighted by molar-refractivity contribution is 14.1. The fourth-order valence-corrected chi connectivity index (χ4v) is 5.03. The van der Waals surface area contributed by atoms with Crippen molar-refractivity contribution >= 4 is 34.2 Å². The maximum Gasteiger partial charge on any atom is 0.258 e. The number of benzene rings is 3. The maximum absolute atomic E-state index is 13.6. The van der Waals surface area contributed by atoms with Crippen LogP contribution in [0.15, 0.2) is 78.9 Å². The van der Waals surface area contributed by atoms with E-state index in [1.165, 1.54) is 11.1 Å². The van der Waals surface area contributed by atoms with Gasteiger partial charge in [-0.05, 0) is 84.3 Å². The number of amides is 1. The second-order valence-corrected chi connectivity index (χ2v) is 9.60. The number of para-hydroxylation sites is 1. The van der Waals surface area contributed by atoms with Crippen LogP contribution in [0.25, 0.3) is 0 Å². The first-order valence-electron chi connectivity index (χ1n) is 9.58. The van der Waals surface area contributed by atoms with Gasteiger partial charge in [0.15, 0.2) is 0 Å². The molecule has 2 nitrogen and oxygen atoms in total. The van der Waals surface area contributed by atoms with E-state index in [0.717, 1.165) is 21.2 Å². The van der Waals surface area contributed by atoms with Crippen molar-refractivity contribution in [1.29, 1.82) is 0 Å². The van der Waals surface area contributed by atoms with Gasteiger partial charge in [0.2, 0.25) is 0 Å². The molecular weight excluding hydrogens is 457 g/mol. The summed E-state index contributed by atoms with van der Waals surface area (Å²) in [5.74, 6) is 0.0592. The number of hydrogen-bond acceptors (Lipinski definition) is 1. The quantitative estimate of drug-likeness (QED) is 0.387. The molecule has 0 saturated heterocycles. The molecule has 1 atom stereocenters. The first-order valence-corrected chi connectivity index (χ1v) is 10.7. The third-order valence-corrected chi connectivity index (χ3v) is 6.56. The van der Waals surface area contributed by atoms with Crippen LogP contribution in [0.4, 0.5) is 5.69 Å². The van der Waals surface area contributed by atoms with E-state index in [0.29, 0.717) is 0 Å². The van der Waals surface area contributed by atoms with Crippen LogP contribution in [0.1, 0.15) is 48.7 Å². The highest BCUT2D eigenvalue weighted by Crippen LogP contribution is 2.50. The third kappa shape index (κ3) is 3.16. The fraction of sp³-hybridized carbons (Fsp3) is 0.240. The molecule has 0 aliphatic carbocycles. The maximum atomic E-state index is 13.6. The van der Waals surface area contributed by atoms with Gasteiger partial charge in [-0.25, -0.2) is 0 Å². The number of fused-ring (bicyclic) bond motifs is 1. The van der Waals surface area contributed by atoms with Gasteiger partial charge in [-0.3, -0.25) is 4.79 Å². The SMILES string of the molecule is CC1(C)C[C@@](C)(c2ccccc2)c2ccccc2N1C(=O)c1ccc(I)cc1. The number of carbonyl (C=O) groups is 1. The lowest BCUT2D eigenvalue weighted by Gasteiger charge is -2.51. The van der Waals surface area contributed by atoms with Crippen LogP contribution in [-0.4, -0.2) is 11.4 Å². The van der Waals surface area contributed by atoms with Gasteiger partial charge in [-0.1, -0.05) is 55.5 Å². The van der Waals surface area contributed by atoms with Crippen molar-refractivity contribution in [2.24, 2.45) is 0 Å². The summed E-state index contributed by atoms with van der Waals surface area (Å²) in [5, 5.41) is 0. The second kappa shape index (κ2) is 7.03. The molecule has 0 saturated carbocycles. The van der Waals surface area contributed by atoms with E-state index in [1.54, 1.807) is 0 Å². The van der Waals surface area contributed by atoms with E-state index in [2.05, 4.69) is 91.9 Å². The Morgan fingerprint density at radius 1 is 0.857 bits per heavy atom. The summed E-state index contributed by atoms with van der Waals surface area (Å²) < 4.78 is 1.13. The predicted octanol–water partition coefficient (Wildman–Crippen LogP) is 6.43. The lowest BCUT2D eigenvalue weighted by Crippen LogP contribution is -2.55. The molecule has 1 amide bonds. The van der Waals surface area contributed by atoms with Gasteiger partial charge in [0.25, 0.3) is 5.91 Å². The van der Waals surface area contributed by atoms with Crippen molar-refractivity contribution in [3.05, 3.63) is 99.1 Å². The zero-order valence-electron chi connectivity index (χ0n) is 16.4. The minimum Gasteiger partial charge on any atom is -0.302 e. The summed E-state index contributed by atoms with van der Waals surface area (Å²) in [7, 11) is 0. The number of rotatable bonds is 2. The van der Waals surface area contributed by atoms with Crippen LogP contribution in [-0.2, 0) is 5.41 Å². The fourth-order valence-electron chi connectivity index (χ4n) is 4.67. The molecule has 1 heterocycles. The van der Waals surface area contributed by atoms with Gasteiger partial charge < -0.3 is 4.90 Å². The molecule has 0 unspecified atom stereocenters. The molecule has 3 heteroatoms. The van der Waals surface area contributed by atoms with Gasteiger partial charge in [-0.15, -0.1) is 0 Å². The average Bonchev–Trinajstić information content (AvgIpc) is 2.68. The van der Waals surface area contributed by atoms with Crippen LogP contribution in [0.5, 0.6) is 0 Å². The Morgan fingerprint density at radius 3 is 2.14 bits per heavy atom. The second-order valence-electron chi connectivity index (χ2n) is 8.35. The van der Waals surface area contributed by atoms with E-state index in [-0.39, 0.29) is 16.9 Å². The van der Waals surface area contributed by atoms with Gasteiger partial charge in [0.05, 0.1) is 0 Å². The number of halogens is 1. The van der Waals surface area contributed by atoms with Crippen molar-refractivity contribution in [2.75, 3.05) is 4.90 Å². The van der Waals surface area contributed by atoms with Crippen molar-refractivity contribution in [3.8, 4) is 0 Å². The normalized spacial score (nSPS) is 20.5. The number of anilines is 1. The molecule has 142 valence electrons. The molecule has 1 aliphatic rings. The van der Waals surface area contributed by atoms with Crippen LogP contribution in [0.3, 0.4) is 0 Å². The first kappa shape index (κ1) is 19.2. The minimum absolute atomic E-state index is 0.0592. The van der Waals surface area contributed by atoms with Gasteiger partial charge in [-0.2, -0.15) is 0 Å². The molecule has 0 radical (unpaired) electrons. The molecule has 1 aliphatic heterocycles. The molecule has 4 rings (SSSR count). The smallest absolute Gasteiger partial charge is 0.258 e. The monoisotopic (exact) mass is 481 g/mol. The Bertz CT molecular complexity index is 1010. The van der Waals surface area contributed by atoms with Crippen molar-refractivity contribution in [1.82, 2.24) is 0 Å². The van der Waals surface area contributed by atoms with Crippen molar-refractivity contribution in [3.63, 3.8) is 0 Å². The van der Waals surface area contributed by atoms with Crippen LogP contribution < -0.4 is 4.90 Å². The van der Waals surface area contributed by atoms with Gasteiger partial charge in [0, 0.05) is 25.8 Å². The summed E-state index contributed by atoms with van der Waals surface area (Å²) in [4.78, 5) is 15.6. The molecule has 0 bridgehead atoms. The van der Waals surface area contributed by atoms with Crippen LogP contribution >= 0.6 is 22.6 Å². The Kier molecular flexibility index (Phi) is 4.82. The third-order valence-electron chi connectivity index (χ3n) is 5.84. The molecule has 0 spiro atoms. The van der Waals surface area contributed by atoms with E-state index in [9.17, 15) is 4.79 Å². The summed E-state index contributed by atoms with van der Waals surface area (Å²) in [5.41, 5.74) is 3.76. The van der Waals surface area contributed by atoms with Gasteiger partial charge >= 0.3 is 0 Å². The molecule has 3 aromatic rings. The first-order chi connectivity index (χ1) is 13.3. The Balaban J connectivity index is 1.88. The molecule has 0 aromatic heterocycles. The molecule has 0 fully saturated rings. The number of nitrogens with zero attached hydrogens (tertiary/aromatic N) is 1. The Labute approximate surface area is 180 Å². The predicted molar refractivity (Wildman–Crippen MR) is 124 cm³/mol. The Morgan fingerprint density at radius 2 is 1.46 bits per heavy atom. The van der Waals surface area contributed by atoms with Gasteiger partial charge in [0.1, 0.15) is 0 Å². The standard InChI is InChI=1S/C25H24INO/c1-24(2)17-25(3,19-9-5-4-6-10-19)21-11-7-8-12-22(21)27(24)23(28)18-13-15-20(26)16-14-18/h4-16H,17H2,1-3H3/t25-/m0/s1. The zero-order chi connectivity index (χ0) is 19.9. The summed E-state index contributed by atoms with van der Waals surface area (Å²) in [6.07, 6.45) is 0.858. The highest BCUT2D eigenvalue weighted by Gasteiger charge is 2.47. The molecular formula is C25H24INO. The van der Waals surface area contributed by atoms with E-state index in [1.807, 2.05) is 35.2 Å². The van der Waals surface area contributed by atoms with E-state index >= 15 is 0 Å². The minimum atomic E-state index is -0.320. The zero-order valence-corrected chi connectivity index (χ0v) is 18.6. The van der Waals surface area contributed by atoms with E-state index < -0.39 is 0 Å². The van der Waals surface area contributed by atoms with Crippen molar-refractivity contribution in [2.45, 2.75) is 38.1 Å². The molecule has 28 heavy (non-hydrogen) atoms. The average molecular weight is 481 g/mol. The van der Waals surface area contributed by atoms with Crippen LogP contribution in [0.2, 0.25) is 0 Å². The highest BCUT2D eigenvalue weighted by atomic mass is 127. The van der Waals surface area contributed by atoms with Crippen molar-refractivity contribution < 1.29 is 4.79 Å². The molecule has 3 aromatic carbocycles. The summed E-state index contributed by atoms with van der Waals surface area (Å²) in [6, 6.07) is 26.8. The number of hydrogen-bond donors (Lipinski definition) is 0. The lowest BCUT2D eigenvalue weighted by molar-refractivity contribution is 0.0948. The molecule has 0 N–H and O–H groups in total. The Hall–Kier alpha value is -2.14. The largest absolute Gasteiger partial charge is 0.302 e. The lowest BCUT2D eigenvalue weighted by atomic mass is 9.65.